The predicted octanol–water partition coefficient (Wildman–Crippen LogP) is 9.16. The maximum Gasteiger partial charge on any atom is 0.417 e. The summed E-state index contributed by atoms with van der Waals surface area (Å²) in [4.78, 5) is 30.9. The van der Waals surface area contributed by atoms with Crippen molar-refractivity contribution in [3.63, 3.8) is 0 Å². The van der Waals surface area contributed by atoms with Crippen LogP contribution >= 0.6 is 0 Å². The summed E-state index contributed by atoms with van der Waals surface area (Å²) in [6, 6.07) is 40.1. The van der Waals surface area contributed by atoms with Gasteiger partial charge in [0.1, 0.15) is 36.3 Å². The zero-order valence-corrected chi connectivity index (χ0v) is 42.0. The largest absolute Gasteiger partial charge is 0.417 e. The van der Waals surface area contributed by atoms with Crippen molar-refractivity contribution in [2.75, 3.05) is 39.4 Å². The van der Waals surface area contributed by atoms with Gasteiger partial charge in [0.15, 0.2) is 0 Å². The van der Waals surface area contributed by atoms with Crippen LogP contribution in [0.3, 0.4) is 0 Å². The maximum absolute atomic E-state index is 13.1. The van der Waals surface area contributed by atoms with Gasteiger partial charge in [-0.2, -0.15) is 4.21 Å². The smallest absolute Gasteiger partial charge is 0.371 e. The predicted molar refractivity (Wildman–Crippen MR) is 284 cm³/mol. The van der Waals surface area contributed by atoms with Crippen molar-refractivity contribution in [3.05, 3.63) is 202 Å². The summed E-state index contributed by atoms with van der Waals surface area (Å²) in [5.74, 6) is -0.0780. The Morgan fingerprint density at radius 2 is 0.865 bits per heavy atom. The molecule has 0 aliphatic rings. The molecule has 2 heterocycles. The number of hydrogen-bond donors (Lipinski definition) is 6. The van der Waals surface area contributed by atoms with Gasteiger partial charge in [-0.3, -0.25) is 9.59 Å². The van der Waals surface area contributed by atoms with Gasteiger partial charge >= 0.3 is 11.4 Å². The minimum atomic E-state index is -2.09. The van der Waals surface area contributed by atoms with E-state index in [0.717, 1.165) is 109 Å². The number of hydrogen-bond acceptors (Lipinski definition) is 9. The Morgan fingerprint density at radius 1 is 0.473 bits per heavy atom. The molecule has 16 heteroatoms. The number of ether oxygens (including phenoxy) is 2. The van der Waals surface area contributed by atoms with E-state index in [0.29, 0.717) is 24.6 Å². The van der Waals surface area contributed by atoms with E-state index in [-0.39, 0.29) is 49.9 Å². The molecule has 0 aliphatic carbocycles. The van der Waals surface area contributed by atoms with Crippen molar-refractivity contribution in [3.8, 4) is 11.5 Å². The minimum Gasteiger partial charge on any atom is -0.371 e. The molecular formula is C58H62F2N6O7S. The van der Waals surface area contributed by atoms with E-state index >= 15 is 0 Å². The molecular weight excluding hydrogens is 963 g/mol. The van der Waals surface area contributed by atoms with Crippen molar-refractivity contribution in [1.29, 1.82) is 0 Å². The van der Waals surface area contributed by atoms with Gasteiger partial charge in [-0.05, 0) is 157 Å². The Bertz CT molecular complexity index is 2850. The quantitative estimate of drug-likeness (QED) is 0.0241. The highest BCUT2D eigenvalue weighted by Gasteiger charge is 2.13. The Kier molecular flexibility index (Phi) is 19.9. The lowest BCUT2D eigenvalue weighted by Gasteiger charge is -2.09. The van der Waals surface area contributed by atoms with Gasteiger partial charge < -0.3 is 49.1 Å². The van der Waals surface area contributed by atoms with E-state index < -0.39 is 11.4 Å². The van der Waals surface area contributed by atoms with Gasteiger partial charge in [0, 0.05) is 60.4 Å². The first-order chi connectivity index (χ1) is 36.2. The number of fused-ring (bicyclic) bond motifs is 2. The molecule has 0 fully saturated rings. The Balaban J connectivity index is 0.693. The van der Waals surface area contributed by atoms with Crippen molar-refractivity contribution in [1.82, 2.24) is 31.2 Å². The zero-order valence-electron chi connectivity index (χ0n) is 41.2. The molecule has 8 rings (SSSR count). The summed E-state index contributed by atoms with van der Waals surface area (Å²) >= 11 is -2.09. The second kappa shape index (κ2) is 27.7. The molecule has 386 valence electrons. The van der Waals surface area contributed by atoms with Crippen LogP contribution in [0.25, 0.3) is 21.8 Å². The van der Waals surface area contributed by atoms with Gasteiger partial charge in [-0.15, -0.1) is 0 Å². The van der Waals surface area contributed by atoms with E-state index in [1.807, 2.05) is 36.7 Å². The number of H-pyrrole nitrogens is 2. The molecule has 0 atom stereocenters. The summed E-state index contributed by atoms with van der Waals surface area (Å²) in [5, 5.41) is 14.8. The van der Waals surface area contributed by atoms with Gasteiger partial charge in [0.2, 0.25) is 11.8 Å². The van der Waals surface area contributed by atoms with Gasteiger partial charge in [-0.25, -0.2) is 8.78 Å². The number of carbonyl (C=O) groups excluding carboxylic acids is 2. The minimum absolute atomic E-state index is 0.0412. The van der Waals surface area contributed by atoms with Crippen LogP contribution in [0.5, 0.6) is 11.5 Å². The molecule has 0 saturated carbocycles. The van der Waals surface area contributed by atoms with Crippen LogP contribution in [-0.4, -0.2) is 65.4 Å². The van der Waals surface area contributed by atoms with E-state index in [2.05, 4.69) is 79.8 Å². The third kappa shape index (κ3) is 16.9. The lowest BCUT2D eigenvalue weighted by Crippen LogP contribution is -2.28. The molecule has 0 saturated heterocycles. The van der Waals surface area contributed by atoms with Crippen LogP contribution in [0.2, 0.25) is 0 Å². The Labute approximate surface area is 432 Å². The molecule has 6 aromatic carbocycles. The van der Waals surface area contributed by atoms with Crippen LogP contribution in [0, 0.1) is 11.6 Å². The van der Waals surface area contributed by atoms with Crippen LogP contribution in [0.4, 0.5) is 8.78 Å². The first kappa shape index (κ1) is 53.1. The second-order valence-electron chi connectivity index (χ2n) is 18.0. The van der Waals surface area contributed by atoms with Crippen molar-refractivity contribution in [2.24, 2.45) is 0 Å². The van der Waals surface area contributed by atoms with Crippen molar-refractivity contribution in [2.45, 2.75) is 64.8 Å². The van der Waals surface area contributed by atoms with E-state index in [1.54, 1.807) is 36.4 Å². The fourth-order valence-electron chi connectivity index (χ4n) is 8.39. The number of rotatable bonds is 30. The van der Waals surface area contributed by atoms with Crippen LogP contribution in [0.15, 0.2) is 146 Å². The summed E-state index contributed by atoms with van der Waals surface area (Å²) in [6.07, 6.45) is 8.84. The van der Waals surface area contributed by atoms with E-state index in [9.17, 15) is 22.6 Å². The lowest BCUT2D eigenvalue weighted by molar-refractivity contribution is -0.126. The molecule has 8 aromatic rings. The summed E-state index contributed by atoms with van der Waals surface area (Å²) in [7, 11) is 0. The number of amides is 2. The number of aryl methyl sites for hydroxylation is 2. The molecule has 0 unspecified atom stereocenters. The molecule has 0 bridgehead atoms. The fourth-order valence-corrected chi connectivity index (χ4v) is 8.95. The monoisotopic (exact) mass is 1020 g/mol. The standard InChI is InChI=1S/C58H62F2N6O7S/c59-49-17-13-45(14-18-49)37-70-39-57(67)63-27-1-3-41-5-9-43(10-6-41)33-61-29-25-47-35-65-55-23-21-51(31-53(47)55)72-74(69)73-52-22-24-56-54(32-52)48(36-66-56)26-30-62-34-44-11-7-42(8-12-44)4-2-28-64-58(68)40-71-38-46-15-19-50(60)20-16-46/h5-24,31-32,35-36,61-62,65-66H,1-4,25-30,33-34,37-40H2,(H,63,67)(H,64,68). The summed E-state index contributed by atoms with van der Waals surface area (Å²) < 4.78 is 61.7. The highest BCUT2D eigenvalue weighted by atomic mass is 32.2. The first-order valence-electron chi connectivity index (χ1n) is 24.9. The Hall–Kier alpha value is -7.21. The number of aromatic nitrogens is 2. The molecule has 0 aliphatic heterocycles. The van der Waals surface area contributed by atoms with E-state index in [4.69, 9.17) is 17.8 Å². The molecule has 2 amide bonds. The van der Waals surface area contributed by atoms with Crippen molar-refractivity contribution < 1.29 is 40.4 Å². The van der Waals surface area contributed by atoms with Crippen LogP contribution < -0.4 is 29.6 Å². The molecule has 74 heavy (non-hydrogen) atoms. The summed E-state index contributed by atoms with van der Waals surface area (Å²) in [5.41, 5.74) is 10.5. The highest BCUT2D eigenvalue weighted by molar-refractivity contribution is 7.75. The number of halogens is 2. The van der Waals surface area contributed by atoms with Gasteiger partial charge in [0.05, 0.1) is 13.2 Å². The van der Waals surface area contributed by atoms with Crippen molar-refractivity contribution >= 4 is 45.0 Å². The molecule has 2 aromatic heterocycles. The number of benzene rings is 6. The third-order valence-electron chi connectivity index (χ3n) is 12.4. The number of nitrogens with one attached hydrogen (secondary N) is 6. The molecule has 0 spiro atoms. The molecule has 13 nitrogen and oxygen atoms in total. The lowest BCUT2D eigenvalue weighted by atomic mass is 10.1. The summed E-state index contributed by atoms with van der Waals surface area (Å²) in [6.45, 7) is 4.49. The van der Waals surface area contributed by atoms with Gasteiger partial charge in [-0.1, -0.05) is 72.8 Å². The zero-order chi connectivity index (χ0) is 51.3. The second-order valence-corrected chi connectivity index (χ2v) is 18.8. The molecule has 0 radical (unpaired) electrons. The maximum atomic E-state index is 13.1. The average molecular weight is 1030 g/mol. The fraction of sp³-hybridized carbons (Fsp3) is 0.276. The number of carbonyl (C=O) groups is 2. The highest BCUT2D eigenvalue weighted by Crippen LogP contribution is 2.27. The first-order valence-corrected chi connectivity index (χ1v) is 25.9. The normalized spacial score (nSPS) is 11.4. The van der Waals surface area contributed by atoms with Crippen LogP contribution in [0.1, 0.15) is 57.3 Å². The van der Waals surface area contributed by atoms with Gasteiger partial charge in [0.25, 0.3) is 0 Å². The van der Waals surface area contributed by atoms with E-state index in [1.165, 1.54) is 46.5 Å². The Morgan fingerprint density at radius 3 is 1.28 bits per heavy atom. The topological polar surface area (TPSA) is 168 Å². The van der Waals surface area contributed by atoms with Crippen LogP contribution in [-0.2, 0) is 82.4 Å². The average Bonchev–Trinajstić information content (AvgIpc) is 4.01. The number of aromatic amines is 2. The third-order valence-corrected chi connectivity index (χ3v) is 13.1. The SMILES string of the molecule is O=C(COCc1ccc(F)cc1)NCCCc1ccc(CNCCc2c[nH]c3ccc(OS(=O)Oc4ccc5[nH]cc(CCNCc6ccc(CCCNC(=O)COCc7ccc(F)cc7)cc6)c5c4)cc23)cc1. The molecule has 6 N–H and O–H groups in total.